The molecule has 152 valence electrons. The molecule has 2 aromatic rings. The largest absolute Gasteiger partial charge is 0.497 e. The summed E-state index contributed by atoms with van der Waals surface area (Å²) in [5.74, 6) is 1.80. The average molecular weight is 386 g/mol. The second kappa shape index (κ2) is 11.2. The van der Waals surface area contributed by atoms with Crippen LogP contribution in [0.4, 0.5) is 0 Å². The first-order chi connectivity index (χ1) is 13.6. The number of nitrogens with one attached hydrogen (secondary N) is 1. The number of benzene rings is 2. The molecule has 0 aliphatic heterocycles. The van der Waals surface area contributed by atoms with Crippen molar-refractivity contribution in [3.8, 4) is 17.2 Å². The number of rotatable bonds is 11. The van der Waals surface area contributed by atoms with Crippen molar-refractivity contribution < 1.29 is 19.0 Å². The zero-order chi connectivity index (χ0) is 20.4. The standard InChI is InChI=1S/C22H30N2O4/c1-5-24(6-2)19(17-11-13-18(26-3)14-12-17)15-23-22(25)16-28-21-10-8-7-9-20(21)27-4/h7-14,19H,5-6,15-16H2,1-4H3,(H,23,25). The number of para-hydroxylation sites is 2. The summed E-state index contributed by atoms with van der Waals surface area (Å²) in [4.78, 5) is 14.6. The van der Waals surface area contributed by atoms with Crippen molar-refractivity contribution in [3.05, 3.63) is 54.1 Å². The number of likely N-dealkylation sites (N-methyl/N-ethyl adjacent to an activating group) is 1. The van der Waals surface area contributed by atoms with Gasteiger partial charge < -0.3 is 19.5 Å². The van der Waals surface area contributed by atoms with Gasteiger partial charge in [-0.15, -0.1) is 0 Å². The van der Waals surface area contributed by atoms with Gasteiger partial charge in [0.2, 0.25) is 0 Å². The first-order valence-electron chi connectivity index (χ1n) is 9.53. The lowest BCUT2D eigenvalue weighted by atomic mass is 10.0. The van der Waals surface area contributed by atoms with Crippen LogP contribution in [0.5, 0.6) is 17.2 Å². The number of carbonyl (C=O) groups excluding carboxylic acids is 1. The minimum Gasteiger partial charge on any atom is -0.497 e. The summed E-state index contributed by atoms with van der Waals surface area (Å²) in [6, 6.07) is 15.3. The number of hydrogen-bond acceptors (Lipinski definition) is 5. The molecule has 2 rings (SSSR count). The summed E-state index contributed by atoms with van der Waals surface area (Å²) >= 11 is 0. The van der Waals surface area contributed by atoms with E-state index in [4.69, 9.17) is 14.2 Å². The molecule has 6 nitrogen and oxygen atoms in total. The summed E-state index contributed by atoms with van der Waals surface area (Å²) < 4.78 is 16.1. The Morgan fingerprint density at radius 1 is 0.964 bits per heavy atom. The van der Waals surface area contributed by atoms with Gasteiger partial charge in [-0.2, -0.15) is 0 Å². The molecule has 0 bridgehead atoms. The van der Waals surface area contributed by atoms with E-state index in [2.05, 4.69) is 24.1 Å². The van der Waals surface area contributed by atoms with Crippen LogP contribution in [0.3, 0.4) is 0 Å². The Hall–Kier alpha value is -2.73. The average Bonchev–Trinajstić information content (AvgIpc) is 2.75. The molecule has 0 aliphatic carbocycles. The van der Waals surface area contributed by atoms with Gasteiger partial charge in [-0.3, -0.25) is 9.69 Å². The van der Waals surface area contributed by atoms with Crippen molar-refractivity contribution in [2.45, 2.75) is 19.9 Å². The molecular weight excluding hydrogens is 356 g/mol. The predicted molar refractivity (Wildman–Crippen MR) is 110 cm³/mol. The highest BCUT2D eigenvalue weighted by Crippen LogP contribution is 2.26. The molecule has 0 aliphatic rings. The van der Waals surface area contributed by atoms with Gasteiger partial charge in [-0.25, -0.2) is 0 Å². The molecule has 0 heterocycles. The van der Waals surface area contributed by atoms with Crippen molar-refractivity contribution in [2.24, 2.45) is 0 Å². The maximum Gasteiger partial charge on any atom is 0.258 e. The quantitative estimate of drug-likeness (QED) is 0.642. The van der Waals surface area contributed by atoms with Gasteiger partial charge >= 0.3 is 0 Å². The van der Waals surface area contributed by atoms with E-state index in [-0.39, 0.29) is 18.6 Å². The predicted octanol–water partition coefficient (Wildman–Crippen LogP) is 3.28. The van der Waals surface area contributed by atoms with E-state index in [0.717, 1.165) is 24.4 Å². The molecule has 1 N–H and O–H groups in total. The van der Waals surface area contributed by atoms with Crippen molar-refractivity contribution in [1.82, 2.24) is 10.2 Å². The van der Waals surface area contributed by atoms with Crippen LogP contribution < -0.4 is 19.5 Å². The molecule has 6 heteroatoms. The Morgan fingerprint density at radius 3 is 2.18 bits per heavy atom. The van der Waals surface area contributed by atoms with Gasteiger partial charge in [0.1, 0.15) is 5.75 Å². The first-order valence-corrected chi connectivity index (χ1v) is 9.53. The first kappa shape index (κ1) is 21.6. The monoisotopic (exact) mass is 386 g/mol. The molecule has 0 aromatic heterocycles. The van der Waals surface area contributed by atoms with Crippen LogP contribution in [0.15, 0.2) is 48.5 Å². The Kier molecular flexibility index (Phi) is 8.62. The molecule has 1 atom stereocenters. The summed E-state index contributed by atoms with van der Waals surface area (Å²) in [5.41, 5.74) is 1.13. The van der Waals surface area contributed by atoms with E-state index < -0.39 is 0 Å². The Bertz CT molecular complexity index is 730. The third kappa shape index (κ3) is 5.89. The van der Waals surface area contributed by atoms with Crippen LogP contribution in [0.1, 0.15) is 25.5 Å². The molecule has 0 radical (unpaired) electrons. The highest BCUT2D eigenvalue weighted by molar-refractivity contribution is 5.77. The Balaban J connectivity index is 1.98. The van der Waals surface area contributed by atoms with E-state index in [1.807, 2.05) is 36.4 Å². The maximum absolute atomic E-state index is 12.3. The fourth-order valence-corrected chi connectivity index (χ4v) is 3.09. The fraction of sp³-hybridized carbons (Fsp3) is 0.409. The lowest BCUT2D eigenvalue weighted by molar-refractivity contribution is -0.123. The normalized spacial score (nSPS) is 11.8. The second-order valence-electron chi connectivity index (χ2n) is 6.25. The Labute approximate surface area is 167 Å². The topological polar surface area (TPSA) is 60.0 Å². The maximum atomic E-state index is 12.3. The Morgan fingerprint density at radius 2 is 1.61 bits per heavy atom. The van der Waals surface area contributed by atoms with E-state index in [0.29, 0.717) is 18.0 Å². The summed E-state index contributed by atoms with van der Waals surface area (Å²) in [6.45, 7) is 6.46. The zero-order valence-electron chi connectivity index (χ0n) is 17.1. The highest BCUT2D eigenvalue weighted by atomic mass is 16.5. The molecule has 1 amide bonds. The molecular formula is C22H30N2O4. The van der Waals surface area contributed by atoms with E-state index >= 15 is 0 Å². The summed E-state index contributed by atoms with van der Waals surface area (Å²) in [5, 5.41) is 2.99. The number of carbonyl (C=O) groups is 1. The van der Waals surface area contributed by atoms with Crippen LogP contribution >= 0.6 is 0 Å². The minimum atomic E-state index is -0.170. The van der Waals surface area contributed by atoms with Crippen LogP contribution in [0.2, 0.25) is 0 Å². The summed E-state index contributed by atoms with van der Waals surface area (Å²) in [6.07, 6.45) is 0. The lowest BCUT2D eigenvalue weighted by Crippen LogP contribution is -2.39. The molecule has 0 spiro atoms. The SMILES string of the molecule is CCN(CC)C(CNC(=O)COc1ccccc1OC)c1ccc(OC)cc1. The lowest BCUT2D eigenvalue weighted by Gasteiger charge is -2.30. The molecule has 0 fully saturated rings. The molecule has 0 saturated carbocycles. The number of hydrogen-bond donors (Lipinski definition) is 1. The van der Waals surface area contributed by atoms with Crippen LogP contribution in [-0.4, -0.2) is 51.3 Å². The number of nitrogens with zero attached hydrogens (tertiary/aromatic N) is 1. The van der Waals surface area contributed by atoms with Gasteiger partial charge in [-0.05, 0) is 42.9 Å². The van der Waals surface area contributed by atoms with Crippen LogP contribution in [0, 0.1) is 0 Å². The fourth-order valence-electron chi connectivity index (χ4n) is 3.09. The van der Waals surface area contributed by atoms with Crippen molar-refractivity contribution in [2.75, 3.05) is 40.5 Å². The van der Waals surface area contributed by atoms with Crippen molar-refractivity contribution in [3.63, 3.8) is 0 Å². The third-order valence-electron chi connectivity index (χ3n) is 4.67. The van der Waals surface area contributed by atoms with Gasteiger partial charge in [0.25, 0.3) is 5.91 Å². The van der Waals surface area contributed by atoms with Gasteiger partial charge in [0.15, 0.2) is 18.1 Å². The molecule has 28 heavy (non-hydrogen) atoms. The number of methoxy groups -OCH3 is 2. The summed E-state index contributed by atoms with van der Waals surface area (Å²) in [7, 11) is 3.23. The van der Waals surface area contributed by atoms with E-state index in [1.165, 1.54) is 0 Å². The molecule has 1 unspecified atom stereocenters. The van der Waals surface area contributed by atoms with Gasteiger partial charge in [0, 0.05) is 6.54 Å². The van der Waals surface area contributed by atoms with E-state index in [1.54, 1.807) is 26.4 Å². The van der Waals surface area contributed by atoms with Crippen LogP contribution in [0.25, 0.3) is 0 Å². The van der Waals surface area contributed by atoms with E-state index in [9.17, 15) is 4.79 Å². The second-order valence-corrected chi connectivity index (χ2v) is 6.25. The molecule has 2 aromatic carbocycles. The zero-order valence-corrected chi connectivity index (χ0v) is 17.1. The van der Waals surface area contributed by atoms with Crippen molar-refractivity contribution >= 4 is 5.91 Å². The third-order valence-corrected chi connectivity index (χ3v) is 4.67. The smallest absolute Gasteiger partial charge is 0.258 e. The minimum absolute atomic E-state index is 0.0616. The molecule has 0 saturated heterocycles. The van der Waals surface area contributed by atoms with Gasteiger partial charge in [-0.1, -0.05) is 38.1 Å². The highest BCUT2D eigenvalue weighted by Gasteiger charge is 2.19. The number of amides is 1. The van der Waals surface area contributed by atoms with Gasteiger partial charge in [0.05, 0.1) is 20.3 Å². The van der Waals surface area contributed by atoms with Crippen molar-refractivity contribution in [1.29, 1.82) is 0 Å². The number of ether oxygens (including phenoxy) is 3. The van der Waals surface area contributed by atoms with Crippen LogP contribution in [-0.2, 0) is 4.79 Å².